The molecule has 0 atom stereocenters. The summed E-state index contributed by atoms with van der Waals surface area (Å²) in [6, 6.07) is 6.27. The van der Waals surface area contributed by atoms with Crippen LogP contribution in [0.5, 0.6) is 5.75 Å². The summed E-state index contributed by atoms with van der Waals surface area (Å²) in [6.07, 6.45) is 2.30. The van der Waals surface area contributed by atoms with E-state index in [4.69, 9.17) is 4.74 Å². The Labute approximate surface area is 79.9 Å². The van der Waals surface area contributed by atoms with Gasteiger partial charge in [-0.25, -0.2) is 0 Å². The van der Waals surface area contributed by atoms with Crippen LogP contribution in [0.1, 0.15) is 18.9 Å². The molecule has 72 valence electrons. The van der Waals surface area contributed by atoms with Crippen LogP contribution in [0.25, 0.3) is 0 Å². The fourth-order valence-electron chi connectivity index (χ4n) is 1.39. The fraction of sp³-hybridized carbons (Fsp3) is 0.455. The molecule has 0 saturated heterocycles. The molecule has 0 aliphatic rings. The summed E-state index contributed by atoms with van der Waals surface area (Å²) >= 11 is 0. The first-order valence-electron chi connectivity index (χ1n) is 4.66. The summed E-state index contributed by atoms with van der Waals surface area (Å²) in [4.78, 5) is 0. The van der Waals surface area contributed by atoms with Crippen molar-refractivity contribution in [3.05, 3.63) is 23.8 Å². The molecular weight excluding hydrogens is 162 g/mol. The van der Waals surface area contributed by atoms with Crippen LogP contribution in [0.3, 0.4) is 0 Å². The van der Waals surface area contributed by atoms with Gasteiger partial charge >= 0.3 is 0 Å². The largest absolute Gasteiger partial charge is 0.495 e. The molecule has 0 aliphatic carbocycles. The Morgan fingerprint density at radius 2 is 2.15 bits per heavy atom. The summed E-state index contributed by atoms with van der Waals surface area (Å²) in [6.45, 7) is 2.18. The van der Waals surface area contributed by atoms with Gasteiger partial charge in [-0.05, 0) is 24.1 Å². The van der Waals surface area contributed by atoms with Crippen molar-refractivity contribution >= 4 is 5.69 Å². The van der Waals surface area contributed by atoms with Crippen molar-refractivity contribution in [1.29, 1.82) is 0 Å². The number of methoxy groups -OCH3 is 1. The molecule has 0 radical (unpaired) electrons. The zero-order chi connectivity index (χ0) is 9.68. The predicted octanol–water partition coefficient (Wildman–Crippen LogP) is 2.69. The highest BCUT2D eigenvalue weighted by Gasteiger charge is 2.01. The monoisotopic (exact) mass is 179 g/mol. The lowest BCUT2D eigenvalue weighted by Gasteiger charge is -2.09. The van der Waals surface area contributed by atoms with Gasteiger partial charge in [-0.1, -0.05) is 19.4 Å². The van der Waals surface area contributed by atoms with E-state index >= 15 is 0 Å². The highest BCUT2D eigenvalue weighted by atomic mass is 16.5. The standard InChI is InChI=1S/C11H17NO/c1-4-5-9-6-7-11(13-3)10(8-9)12-2/h6-8,12H,4-5H2,1-3H3. The van der Waals surface area contributed by atoms with Crippen molar-refractivity contribution < 1.29 is 4.74 Å². The second kappa shape index (κ2) is 4.75. The molecule has 0 heterocycles. The van der Waals surface area contributed by atoms with E-state index in [0.717, 1.165) is 17.9 Å². The van der Waals surface area contributed by atoms with Gasteiger partial charge in [0.15, 0.2) is 0 Å². The number of rotatable bonds is 4. The minimum absolute atomic E-state index is 0.905. The van der Waals surface area contributed by atoms with Gasteiger partial charge in [0.1, 0.15) is 5.75 Å². The van der Waals surface area contributed by atoms with Crippen molar-refractivity contribution in [3.8, 4) is 5.75 Å². The van der Waals surface area contributed by atoms with E-state index in [1.807, 2.05) is 13.1 Å². The topological polar surface area (TPSA) is 21.3 Å². The Morgan fingerprint density at radius 3 is 2.69 bits per heavy atom. The smallest absolute Gasteiger partial charge is 0.141 e. The van der Waals surface area contributed by atoms with E-state index in [9.17, 15) is 0 Å². The average molecular weight is 179 g/mol. The first-order chi connectivity index (χ1) is 6.31. The molecule has 1 aromatic carbocycles. The molecule has 0 fully saturated rings. The van der Waals surface area contributed by atoms with Crippen LogP contribution in [-0.2, 0) is 6.42 Å². The van der Waals surface area contributed by atoms with Gasteiger partial charge in [-0.2, -0.15) is 0 Å². The fourth-order valence-corrected chi connectivity index (χ4v) is 1.39. The average Bonchev–Trinajstić information content (AvgIpc) is 2.18. The van der Waals surface area contributed by atoms with E-state index in [-0.39, 0.29) is 0 Å². The maximum atomic E-state index is 5.21. The first-order valence-corrected chi connectivity index (χ1v) is 4.66. The maximum Gasteiger partial charge on any atom is 0.141 e. The van der Waals surface area contributed by atoms with E-state index in [0.29, 0.717) is 0 Å². The molecular formula is C11H17NO. The molecule has 1 rings (SSSR count). The van der Waals surface area contributed by atoms with Gasteiger partial charge in [0.2, 0.25) is 0 Å². The summed E-state index contributed by atoms with van der Waals surface area (Å²) in [7, 11) is 3.60. The van der Waals surface area contributed by atoms with Crippen molar-refractivity contribution in [1.82, 2.24) is 0 Å². The van der Waals surface area contributed by atoms with E-state index in [1.54, 1.807) is 7.11 Å². The maximum absolute atomic E-state index is 5.21. The minimum Gasteiger partial charge on any atom is -0.495 e. The van der Waals surface area contributed by atoms with Gasteiger partial charge in [0.05, 0.1) is 12.8 Å². The third kappa shape index (κ3) is 2.38. The molecule has 0 unspecified atom stereocenters. The molecule has 2 nitrogen and oxygen atoms in total. The third-order valence-corrected chi connectivity index (χ3v) is 2.07. The summed E-state index contributed by atoms with van der Waals surface area (Å²) in [5, 5.41) is 3.12. The van der Waals surface area contributed by atoms with Gasteiger partial charge in [-0.15, -0.1) is 0 Å². The zero-order valence-corrected chi connectivity index (χ0v) is 8.55. The Hall–Kier alpha value is -1.18. The van der Waals surface area contributed by atoms with Crippen LogP contribution < -0.4 is 10.1 Å². The number of hydrogen-bond donors (Lipinski definition) is 1. The Balaban J connectivity index is 2.91. The number of hydrogen-bond acceptors (Lipinski definition) is 2. The van der Waals surface area contributed by atoms with Crippen LogP contribution in [0.4, 0.5) is 5.69 Å². The molecule has 0 aromatic heterocycles. The molecule has 0 bridgehead atoms. The Morgan fingerprint density at radius 1 is 1.38 bits per heavy atom. The second-order valence-electron chi connectivity index (χ2n) is 3.03. The van der Waals surface area contributed by atoms with Crippen molar-refractivity contribution in [3.63, 3.8) is 0 Å². The highest BCUT2D eigenvalue weighted by molar-refractivity contribution is 5.57. The third-order valence-electron chi connectivity index (χ3n) is 2.07. The molecule has 0 aliphatic heterocycles. The normalized spacial score (nSPS) is 9.77. The Bertz CT molecular complexity index is 271. The van der Waals surface area contributed by atoms with E-state index in [1.165, 1.54) is 12.0 Å². The number of nitrogens with one attached hydrogen (secondary N) is 1. The van der Waals surface area contributed by atoms with Gasteiger partial charge in [0.25, 0.3) is 0 Å². The predicted molar refractivity (Wildman–Crippen MR) is 56.5 cm³/mol. The van der Waals surface area contributed by atoms with Crippen molar-refractivity contribution in [2.45, 2.75) is 19.8 Å². The quantitative estimate of drug-likeness (QED) is 0.767. The highest BCUT2D eigenvalue weighted by Crippen LogP contribution is 2.25. The van der Waals surface area contributed by atoms with Crippen LogP contribution in [-0.4, -0.2) is 14.2 Å². The van der Waals surface area contributed by atoms with Gasteiger partial charge in [0, 0.05) is 7.05 Å². The van der Waals surface area contributed by atoms with Crippen LogP contribution >= 0.6 is 0 Å². The SMILES string of the molecule is CCCc1ccc(OC)c(NC)c1. The summed E-state index contributed by atoms with van der Waals surface area (Å²) in [5.74, 6) is 0.905. The van der Waals surface area contributed by atoms with Crippen molar-refractivity contribution in [2.75, 3.05) is 19.5 Å². The molecule has 1 aromatic rings. The summed E-state index contributed by atoms with van der Waals surface area (Å²) < 4.78 is 5.21. The van der Waals surface area contributed by atoms with Crippen LogP contribution in [0, 0.1) is 0 Å². The lowest BCUT2D eigenvalue weighted by molar-refractivity contribution is 0.416. The number of ether oxygens (including phenoxy) is 1. The number of anilines is 1. The Kier molecular flexibility index (Phi) is 3.62. The van der Waals surface area contributed by atoms with E-state index < -0.39 is 0 Å². The van der Waals surface area contributed by atoms with Crippen molar-refractivity contribution in [2.24, 2.45) is 0 Å². The molecule has 0 spiro atoms. The first kappa shape index (κ1) is 9.90. The lowest BCUT2D eigenvalue weighted by Crippen LogP contribution is -1.95. The number of benzene rings is 1. The zero-order valence-electron chi connectivity index (χ0n) is 8.55. The van der Waals surface area contributed by atoms with Gasteiger partial charge < -0.3 is 10.1 Å². The number of aryl methyl sites for hydroxylation is 1. The molecule has 2 heteroatoms. The van der Waals surface area contributed by atoms with E-state index in [2.05, 4.69) is 24.4 Å². The molecule has 0 amide bonds. The molecule has 13 heavy (non-hydrogen) atoms. The summed E-state index contributed by atoms with van der Waals surface area (Å²) in [5.41, 5.74) is 2.42. The van der Waals surface area contributed by atoms with Crippen LogP contribution in [0.2, 0.25) is 0 Å². The lowest BCUT2D eigenvalue weighted by atomic mass is 10.1. The molecule has 1 N–H and O–H groups in total. The second-order valence-corrected chi connectivity index (χ2v) is 3.03. The van der Waals surface area contributed by atoms with Gasteiger partial charge in [-0.3, -0.25) is 0 Å². The van der Waals surface area contributed by atoms with Crippen LogP contribution in [0.15, 0.2) is 18.2 Å². The molecule has 0 saturated carbocycles. The minimum atomic E-state index is 0.905.